The highest BCUT2D eigenvalue weighted by atomic mass is 32.2. The van der Waals surface area contributed by atoms with Gasteiger partial charge in [0.2, 0.25) is 0 Å². The lowest BCUT2D eigenvalue weighted by Gasteiger charge is -2.28. The van der Waals surface area contributed by atoms with Crippen LogP contribution in [0.5, 0.6) is 0 Å². The van der Waals surface area contributed by atoms with Gasteiger partial charge in [-0.3, -0.25) is 4.98 Å². The molecule has 1 aromatic heterocycles. The van der Waals surface area contributed by atoms with Crippen LogP contribution in [0.25, 0.3) is 0 Å². The lowest BCUT2D eigenvalue weighted by atomic mass is 10.1. The van der Waals surface area contributed by atoms with Crippen LogP contribution in [0.15, 0.2) is 24.4 Å². The highest BCUT2D eigenvalue weighted by Gasteiger charge is 2.29. The van der Waals surface area contributed by atoms with Crippen molar-refractivity contribution in [1.82, 2.24) is 9.71 Å². The van der Waals surface area contributed by atoms with Crippen LogP contribution in [0.2, 0.25) is 0 Å². The Bertz CT molecular complexity index is 365. The van der Waals surface area contributed by atoms with Crippen molar-refractivity contribution in [3.8, 4) is 0 Å². The van der Waals surface area contributed by atoms with E-state index in [0.717, 1.165) is 5.69 Å². The van der Waals surface area contributed by atoms with Gasteiger partial charge in [0.15, 0.2) is 0 Å². The van der Waals surface area contributed by atoms with E-state index in [-0.39, 0.29) is 10.8 Å². The fourth-order valence-electron chi connectivity index (χ4n) is 1.68. The number of aromatic nitrogens is 1. The van der Waals surface area contributed by atoms with E-state index in [1.807, 2.05) is 39.0 Å². The molecule has 0 spiro atoms. The number of hydrogen-bond acceptors (Lipinski definition) is 4. The molecule has 1 heterocycles. The average Bonchev–Trinajstić information content (AvgIpc) is 2.28. The molecule has 3 atom stereocenters. The molecule has 0 aliphatic heterocycles. The third-order valence-electron chi connectivity index (χ3n) is 2.64. The zero-order chi connectivity index (χ0) is 14.5. The lowest BCUT2D eigenvalue weighted by molar-refractivity contribution is 0.171. The van der Waals surface area contributed by atoms with Gasteiger partial charge in [0.05, 0.1) is 12.1 Å². The van der Waals surface area contributed by atoms with Crippen molar-refractivity contribution in [1.29, 1.82) is 0 Å². The van der Waals surface area contributed by atoms with E-state index in [1.54, 1.807) is 13.1 Å². The molecule has 4 nitrogen and oxygen atoms in total. The minimum atomic E-state index is -1.15. The fraction of sp³-hybridized carbons (Fsp3) is 0.643. The van der Waals surface area contributed by atoms with Crippen LogP contribution in [0.3, 0.4) is 0 Å². The minimum absolute atomic E-state index is 0.0463. The van der Waals surface area contributed by atoms with Gasteiger partial charge >= 0.3 is 0 Å². The van der Waals surface area contributed by atoms with Crippen LogP contribution in [0.1, 0.15) is 39.8 Å². The first-order valence-corrected chi connectivity index (χ1v) is 7.70. The standard InChI is InChI=1S/C14H24N2O2S/c1-11(17)9-13(16-19(18)14(2,3)4)10-12-7-5-6-8-15-12/h5-8,11,13,16-17H,9-10H2,1-4H3/t11-,13-,19+/m0/s1. The molecule has 0 saturated carbocycles. The molecule has 108 valence electrons. The quantitative estimate of drug-likeness (QED) is 0.782. The molecule has 0 aromatic carbocycles. The summed E-state index contributed by atoms with van der Waals surface area (Å²) in [6.07, 6.45) is 2.53. The SMILES string of the molecule is C[C@H](O)C[C@@H](Cc1ccccn1)N[S@+]([O-])C(C)(C)C. The summed E-state index contributed by atoms with van der Waals surface area (Å²) >= 11 is -1.15. The van der Waals surface area contributed by atoms with Crippen molar-refractivity contribution in [2.75, 3.05) is 0 Å². The molecule has 1 aromatic rings. The average molecular weight is 284 g/mol. The number of rotatable bonds is 6. The molecular formula is C14H24N2O2S. The molecule has 5 heteroatoms. The van der Waals surface area contributed by atoms with Gasteiger partial charge in [-0.15, -0.1) is 4.72 Å². The Labute approximate surface area is 119 Å². The second-order valence-electron chi connectivity index (χ2n) is 5.81. The molecule has 19 heavy (non-hydrogen) atoms. The topological polar surface area (TPSA) is 68.2 Å². The molecule has 0 radical (unpaired) electrons. The first-order chi connectivity index (χ1) is 8.79. The van der Waals surface area contributed by atoms with Gasteiger partial charge in [0, 0.05) is 29.7 Å². The summed E-state index contributed by atoms with van der Waals surface area (Å²) in [6.45, 7) is 7.52. The molecule has 0 amide bonds. The number of aliphatic hydroxyl groups excluding tert-OH is 1. The zero-order valence-corrected chi connectivity index (χ0v) is 12.9. The molecule has 0 fully saturated rings. The van der Waals surface area contributed by atoms with E-state index in [9.17, 15) is 9.66 Å². The maximum absolute atomic E-state index is 12.1. The van der Waals surface area contributed by atoms with Gasteiger partial charge in [-0.25, -0.2) is 0 Å². The Morgan fingerprint density at radius 2 is 2.11 bits per heavy atom. The number of nitrogens with zero attached hydrogens (tertiary/aromatic N) is 1. The molecular weight excluding hydrogens is 260 g/mol. The highest BCUT2D eigenvalue weighted by Crippen LogP contribution is 2.16. The molecule has 0 aliphatic carbocycles. The summed E-state index contributed by atoms with van der Waals surface area (Å²) in [5.74, 6) is 0. The van der Waals surface area contributed by atoms with E-state index < -0.39 is 17.5 Å². The van der Waals surface area contributed by atoms with Crippen molar-refractivity contribution in [2.24, 2.45) is 0 Å². The van der Waals surface area contributed by atoms with E-state index in [2.05, 4.69) is 9.71 Å². The molecule has 0 bridgehead atoms. The Morgan fingerprint density at radius 3 is 2.58 bits per heavy atom. The Hall–Kier alpha value is -0.620. The van der Waals surface area contributed by atoms with Crippen molar-refractivity contribution < 1.29 is 9.66 Å². The van der Waals surface area contributed by atoms with Crippen LogP contribution in [-0.4, -0.2) is 31.5 Å². The summed E-state index contributed by atoms with van der Waals surface area (Å²) in [5.41, 5.74) is 0.937. The number of pyridine rings is 1. The number of aliphatic hydroxyl groups is 1. The summed E-state index contributed by atoms with van der Waals surface area (Å²) in [7, 11) is 0. The third-order valence-corrected chi connectivity index (χ3v) is 4.30. The maximum atomic E-state index is 12.1. The van der Waals surface area contributed by atoms with Crippen molar-refractivity contribution in [3.63, 3.8) is 0 Å². The van der Waals surface area contributed by atoms with Crippen molar-refractivity contribution in [2.45, 2.75) is 57.4 Å². The first kappa shape index (κ1) is 16.4. The van der Waals surface area contributed by atoms with Crippen LogP contribution in [0, 0.1) is 0 Å². The summed E-state index contributed by atoms with van der Waals surface area (Å²) in [6, 6.07) is 5.70. The minimum Gasteiger partial charge on any atom is -0.598 e. The van der Waals surface area contributed by atoms with Gasteiger partial charge in [0.25, 0.3) is 0 Å². The summed E-state index contributed by atoms with van der Waals surface area (Å²) < 4.78 is 14.9. The van der Waals surface area contributed by atoms with E-state index in [0.29, 0.717) is 12.8 Å². The van der Waals surface area contributed by atoms with Gasteiger partial charge in [-0.05, 0) is 46.2 Å². The summed E-state index contributed by atoms with van der Waals surface area (Å²) in [4.78, 5) is 4.27. The smallest absolute Gasteiger partial charge is 0.136 e. The van der Waals surface area contributed by atoms with Crippen LogP contribution in [-0.2, 0) is 17.8 Å². The van der Waals surface area contributed by atoms with Crippen LogP contribution < -0.4 is 4.72 Å². The van der Waals surface area contributed by atoms with Crippen LogP contribution in [0.4, 0.5) is 0 Å². The lowest BCUT2D eigenvalue weighted by Crippen LogP contribution is -2.46. The third kappa shape index (κ3) is 6.38. The Kier molecular flexibility index (Phi) is 6.26. The fourth-order valence-corrected chi connectivity index (χ4v) is 2.52. The number of hydrogen-bond donors (Lipinski definition) is 2. The van der Waals surface area contributed by atoms with E-state index in [1.165, 1.54) is 0 Å². The van der Waals surface area contributed by atoms with Crippen LogP contribution >= 0.6 is 0 Å². The second kappa shape index (κ2) is 7.24. The van der Waals surface area contributed by atoms with E-state index >= 15 is 0 Å². The normalized spacial score (nSPS) is 16.9. The molecule has 0 aliphatic rings. The molecule has 0 saturated heterocycles. The van der Waals surface area contributed by atoms with E-state index in [4.69, 9.17) is 0 Å². The Morgan fingerprint density at radius 1 is 1.42 bits per heavy atom. The highest BCUT2D eigenvalue weighted by molar-refractivity contribution is 7.90. The molecule has 2 N–H and O–H groups in total. The van der Waals surface area contributed by atoms with Gasteiger partial charge in [-0.1, -0.05) is 6.07 Å². The maximum Gasteiger partial charge on any atom is 0.136 e. The molecule has 1 rings (SSSR count). The largest absolute Gasteiger partial charge is 0.598 e. The van der Waals surface area contributed by atoms with Crippen molar-refractivity contribution >= 4 is 11.4 Å². The monoisotopic (exact) mass is 284 g/mol. The number of nitrogens with one attached hydrogen (secondary N) is 1. The van der Waals surface area contributed by atoms with Gasteiger partial charge < -0.3 is 9.66 Å². The molecule has 0 unspecified atom stereocenters. The summed E-state index contributed by atoms with van der Waals surface area (Å²) in [5, 5.41) is 9.56. The first-order valence-electron chi connectivity index (χ1n) is 6.55. The van der Waals surface area contributed by atoms with Gasteiger partial charge in [-0.2, -0.15) is 0 Å². The van der Waals surface area contributed by atoms with Gasteiger partial charge in [0.1, 0.15) is 4.75 Å². The van der Waals surface area contributed by atoms with Crippen molar-refractivity contribution in [3.05, 3.63) is 30.1 Å². The predicted molar refractivity (Wildman–Crippen MR) is 79.1 cm³/mol. The second-order valence-corrected chi connectivity index (χ2v) is 7.80. The Balaban J connectivity index is 2.67. The zero-order valence-electron chi connectivity index (χ0n) is 12.1. The predicted octanol–water partition coefficient (Wildman–Crippen LogP) is 1.82.